The third-order valence-electron chi connectivity index (χ3n) is 4.76. The van der Waals surface area contributed by atoms with Crippen LogP contribution in [0.15, 0.2) is 29.8 Å². The molecule has 1 fully saturated rings. The second-order valence-corrected chi connectivity index (χ2v) is 8.96. The van der Waals surface area contributed by atoms with Crippen molar-refractivity contribution >= 4 is 33.3 Å². The first-order valence-corrected chi connectivity index (χ1v) is 10.5. The number of halogens is 2. The number of sulfonamides is 1. The molecule has 1 aliphatic carbocycles. The van der Waals surface area contributed by atoms with Crippen LogP contribution in [0, 0.1) is 5.82 Å². The van der Waals surface area contributed by atoms with E-state index in [1.54, 1.807) is 0 Å². The lowest BCUT2D eigenvalue weighted by Crippen LogP contribution is -2.42. The van der Waals surface area contributed by atoms with Gasteiger partial charge in [-0.25, -0.2) is 17.6 Å². The van der Waals surface area contributed by atoms with E-state index in [2.05, 4.69) is 4.72 Å². The Morgan fingerprint density at radius 3 is 2.41 bits per heavy atom. The highest BCUT2D eigenvalue weighted by Gasteiger charge is 2.51. The van der Waals surface area contributed by atoms with Gasteiger partial charge in [0, 0.05) is 6.42 Å². The number of carboxylic acid groups (broad SMARTS) is 1. The van der Waals surface area contributed by atoms with Crippen LogP contribution in [0.1, 0.15) is 12.8 Å². The number of ether oxygens (including phenoxy) is 2. The number of aliphatic hydroxyl groups excluding tert-OH is 2. The van der Waals surface area contributed by atoms with Crippen molar-refractivity contribution in [3.63, 3.8) is 0 Å². The Kier molecular flexibility index (Phi) is 6.18. The summed E-state index contributed by atoms with van der Waals surface area (Å²) in [7, 11) is -4.27. The molecule has 1 aliphatic heterocycles. The first-order chi connectivity index (χ1) is 13.6. The highest BCUT2D eigenvalue weighted by Crippen LogP contribution is 2.41. The zero-order valence-electron chi connectivity index (χ0n) is 14.9. The molecule has 1 spiro atoms. The number of benzene rings is 1. The Bertz CT molecular complexity index is 925. The van der Waals surface area contributed by atoms with E-state index in [-0.39, 0.29) is 23.6 Å². The number of rotatable bonds is 6. The van der Waals surface area contributed by atoms with Gasteiger partial charge in [0.05, 0.1) is 29.5 Å². The van der Waals surface area contributed by atoms with Crippen molar-refractivity contribution in [3.05, 3.63) is 40.7 Å². The fraction of sp³-hybridized carbons (Fsp3) is 0.471. The van der Waals surface area contributed by atoms with E-state index in [1.807, 2.05) is 0 Å². The third kappa shape index (κ3) is 4.39. The molecule has 29 heavy (non-hydrogen) atoms. The molecule has 1 unspecified atom stereocenters. The second-order valence-electron chi connectivity index (χ2n) is 6.69. The lowest BCUT2D eigenvalue weighted by Gasteiger charge is -2.33. The quantitative estimate of drug-likeness (QED) is 0.498. The number of aliphatic carboxylic acids is 1. The number of anilines is 1. The van der Waals surface area contributed by atoms with Gasteiger partial charge in [-0.1, -0.05) is 11.6 Å². The van der Waals surface area contributed by atoms with E-state index in [4.69, 9.17) is 21.1 Å². The first-order valence-electron chi connectivity index (χ1n) is 8.61. The molecular formula is C17H19ClFNO8S. The molecule has 0 saturated carbocycles. The van der Waals surface area contributed by atoms with Gasteiger partial charge in [0.25, 0.3) is 0 Å². The predicted molar refractivity (Wildman–Crippen MR) is 99.3 cm³/mol. The average molecular weight is 452 g/mol. The van der Waals surface area contributed by atoms with Crippen LogP contribution in [-0.2, 0) is 24.3 Å². The van der Waals surface area contributed by atoms with Gasteiger partial charge in [0.1, 0.15) is 23.3 Å². The number of hydrogen-bond donors (Lipinski definition) is 4. The summed E-state index contributed by atoms with van der Waals surface area (Å²) >= 11 is 5.85. The minimum atomic E-state index is -4.27. The van der Waals surface area contributed by atoms with Gasteiger partial charge in [0.2, 0.25) is 10.0 Å². The van der Waals surface area contributed by atoms with Gasteiger partial charge in [0.15, 0.2) is 5.79 Å². The topological polar surface area (TPSA) is 142 Å². The van der Waals surface area contributed by atoms with Crippen molar-refractivity contribution in [1.82, 2.24) is 0 Å². The molecule has 160 valence electrons. The SMILES string of the molecule is O=C(O)C1=CC2(CCC1S(=O)(=O)Nc1ccc(F)cc1Cl)O[C@@H](CO)[C@H](CO)O2. The van der Waals surface area contributed by atoms with Crippen LogP contribution in [0.25, 0.3) is 0 Å². The van der Waals surface area contributed by atoms with Crippen LogP contribution < -0.4 is 4.72 Å². The average Bonchev–Trinajstić information content (AvgIpc) is 3.01. The Morgan fingerprint density at radius 1 is 1.28 bits per heavy atom. The summed E-state index contributed by atoms with van der Waals surface area (Å²) in [6.45, 7) is -0.925. The summed E-state index contributed by atoms with van der Waals surface area (Å²) in [5, 5.41) is 26.6. The summed E-state index contributed by atoms with van der Waals surface area (Å²) < 4.78 is 52.2. The van der Waals surface area contributed by atoms with Crippen LogP contribution in [0.3, 0.4) is 0 Å². The van der Waals surface area contributed by atoms with Crippen LogP contribution >= 0.6 is 11.6 Å². The maximum absolute atomic E-state index is 13.2. The smallest absolute Gasteiger partial charge is 0.332 e. The monoisotopic (exact) mass is 451 g/mol. The summed E-state index contributed by atoms with van der Waals surface area (Å²) in [6, 6.07) is 3.07. The molecule has 0 amide bonds. The number of carbonyl (C=O) groups is 1. The predicted octanol–water partition coefficient (Wildman–Crippen LogP) is 0.859. The Balaban J connectivity index is 1.91. The number of aliphatic hydroxyl groups is 2. The molecule has 1 aromatic carbocycles. The maximum Gasteiger partial charge on any atom is 0.332 e. The molecule has 3 atom stereocenters. The van der Waals surface area contributed by atoms with Crippen molar-refractivity contribution < 1.29 is 42.4 Å². The Labute approximate surface area is 170 Å². The van der Waals surface area contributed by atoms with E-state index in [1.165, 1.54) is 0 Å². The van der Waals surface area contributed by atoms with Crippen LogP contribution in [0.4, 0.5) is 10.1 Å². The summed E-state index contributed by atoms with van der Waals surface area (Å²) in [5.41, 5.74) is -0.579. The number of carboxylic acids is 1. The van der Waals surface area contributed by atoms with Gasteiger partial charge in [-0.2, -0.15) is 0 Å². The molecule has 1 heterocycles. The molecule has 1 aromatic rings. The Morgan fingerprint density at radius 2 is 1.90 bits per heavy atom. The fourth-order valence-corrected chi connectivity index (χ4v) is 5.22. The van der Waals surface area contributed by atoms with Crippen molar-refractivity contribution in [2.75, 3.05) is 17.9 Å². The van der Waals surface area contributed by atoms with Gasteiger partial charge in [-0.15, -0.1) is 0 Å². The van der Waals surface area contributed by atoms with E-state index >= 15 is 0 Å². The van der Waals surface area contributed by atoms with Crippen LogP contribution in [0.5, 0.6) is 0 Å². The molecule has 3 rings (SSSR count). The maximum atomic E-state index is 13.2. The fourth-order valence-electron chi connectivity index (χ4n) is 3.40. The highest BCUT2D eigenvalue weighted by atomic mass is 35.5. The molecule has 0 aromatic heterocycles. The molecule has 0 bridgehead atoms. The zero-order chi connectivity index (χ0) is 21.4. The number of hydrogen-bond acceptors (Lipinski definition) is 7. The molecule has 4 N–H and O–H groups in total. The summed E-state index contributed by atoms with van der Waals surface area (Å²) in [5.74, 6) is -3.71. The van der Waals surface area contributed by atoms with E-state index < -0.39 is 63.8 Å². The lowest BCUT2D eigenvalue weighted by molar-refractivity contribution is -0.153. The zero-order valence-corrected chi connectivity index (χ0v) is 16.5. The molecule has 9 nitrogen and oxygen atoms in total. The Hall–Kier alpha value is -1.76. The number of nitrogens with one attached hydrogen (secondary N) is 1. The van der Waals surface area contributed by atoms with Gasteiger partial charge >= 0.3 is 5.97 Å². The highest BCUT2D eigenvalue weighted by molar-refractivity contribution is 7.93. The summed E-state index contributed by atoms with van der Waals surface area (Å²) in [4.78, 5) is 11.8. The van der Waals surface area contributed by atoms with Crippen molar-refractivity contribution in [1.29, 1.82) is 0 Å². The van der Waals surface area contributed by atoms with Gasteiger partial charge < -0.3 is 24.8 Å². The first kappa shape index (κ1) is 21.9. The summed E-state index contributed by atoms with van der Waals surface area (Å²) in [6.07, 6.45) is -0.915. The molecule has 2 aliphatic rings. The second kappa shape index (κ2) is 8.17. The van der Waals surface area contributed by atoms with E-state index in [0.717, 1.165) is 24.3 Å². The van der Waals surface area contributed by atoms with E-state index in [0.29, 0.717) is 0 Å². The van der Waals surface area contributed by atoms with Crippen molar-refractivity contribution in [2.45, 2.75) is 36.1 Å². The van der Waals surface area contributed by atoms with Crippen LogP contribution in [0.2, 0.25) is 5.02 Å². The molecule has 12 heteroatoms. The molecule has 0 radical (unpaired) electrons. The van der Waals surface area contributed by atoms with Gasteiger partial charge in [-0.05, 0) is 30.7 Å². The van der Waals surface area contributed by atoms with E-state index in [9.17, 15) is 32.9 Å². The normalized spacial score (nSPS) is 26.3. The standard InChI is InChI=1S/C17H19ClFNO8S/c18-11-5-9(19)1-2-12(11)20-29(25,26)15-3-4-17(6-10(15)16(23)24)27-13(7-21)14(8-22)28-17/h1-2,5-6,13-15,20-22H,3-4,7-8H2,(H,23,24)/t13-,14-,15?/m0/s1. The van der Waals surface area contributed by atoms with Crippen LogP contribution in [-0.4, -0.2) is 66.2 Å². The van der Waals surface area contributed by atoms with Gasteiger partial charge in [-0.3, -0.25) is 4.72 Å². The minimum absolute atomic E-state index is 0.0283. The van der Waals surface area contributed by atoms with Crippen molar-refractivity contribution in [2.24, 2.45) is 0 Å². The largest absolute Gasteiger partial charge is 0.478 e. The lowest BCUT2D eigenvalue weighted by atomic mass is 9.94. The van der Waals surface area contributed by atoms with Crippen molar-refractivity contribution in [3.8, 4) is 0 Å². The molecular weight excluding hydrogens is 433 g/mol. The third-order valence-corrected chi connectivity index (χ3v) is 6.81. The molecule has 1 saturated heterocycles. The minimum Gasteiger partial charge on any atom is -0.478 e.